The molecule has 0 atom stereocenters. The molecule has 0 bridgehead atoms. The van der Waals surface area contributed by atoms with Gasteiger partial charge in [0, 0.05) is 17.3 Å². The molecule has 6 nitrogen and oxygen atoms in total. The lowest BCUT2D eigenvalue weighted by Gasteiger charge is -2.09. The van der Waals surface area contributed by atoms with E-state index in [1.807, 2.05) is 30.3 Å². The van der Waals surface area contributed by atoms with Crippen LogP contribution >= 0.6 is 0 Å². The van der Waals surface area contributed by atoms with Crippen molar-refractivity contribution in [2.24, 2.45) is 0 Å². The largest absolute Gasteiger partial charge is 0.497 e. The van der Waals surface area contributed by atoms with Gasteiger partial charge in [0.25, 0.3) is 5.56 Å². The van der Waals surface area contributed by atoms with Crippen LogP contribution in [-0.4, -0.2) is 22.8 Å². The molecule has 3 rings (SSSR count). The van der Waals surface area contributed by atoms with Crippen molar-refractivity contribution in [2.45, 2.75) is 6.54 Å². The van der Waals surface area contributed by atoms with Crippen LogP contribution in [0.15, 0.2) is 71.5 Å². The first-order valence-electron chi connectivity index (χ1n) is 7.73. The monoisotopic (exact) mass is 335 g/mol. The van der Waals surface area contributed by atoms with E-state index in [0.29, 0.717) is 17.1 Å². The van der Waals surface area contributed by atoms with Gasteiger partial charge in [-0.05, 0) is 30.3 Å². The maximum atomic E-state index is 12.2. The van der Waals surface area contributed by atoms with E-state index in [-0.39, 0.29) is 18.0 Å². The molecule has 0 saturated heterocycles. The van der Waals surface area contributed by atoms with Gasteiger partial charge in [0.15, 0.2) is 0 Å². The van der Waals surface area contributed by atoms with Gasteiger partial charge in [-0.3, -0.25) is 9.59 Å². The highest BCUT2D eigenvalue weighted by molar-refractivity contribution is 5.90. The lowest BCUT2D eigenvalue weighted by Crippen LogP contribution is -2.29. The molecule has 0 aliphatic carbocycles. The Balaban J connectivity index is 1.75. The number of hydrogen-bond donors (Lipinski definition) is 1. The Morgan fingerprint density at radius 2 is 1.76 bits per heavy atom. The number of hydrogen-bond acceptors (Lipinski definition) is 4. The van der Waals surface area contributed by atoms with Crippen LogP contribution in [0.5, 0.6) is 5.75 Å². The molecule has 0 fully saturated rings. The number of rotatable bonds is 5. The molecule has 1 amide bonds. The summed E-state index contributed by atoms with van der Waals surface area (Å²) < 4.78 is 6.23. The smallest absolute Gasteiger partial charge is 0.267 e. The van der Waals surface area contributed by atoms with Crippen LogP contribution in [0.4, 0.5) is 5.69 Å². The molecule has 0 unspecified atom stereocenters. The summed E-state index contributed by atoms with van der Waals surface area (Å²) in [4.78, 5) is 24.2. The van der Waals surface area contributed by atoms with Crippen LogP contribution in [0, 0.1) is 0 Å². The summed E-state index contributed by atoms with van der Waals surface area (Å²) >= 11 is 0. The normalized spacial score (nSPS) is 10.3. The summed E-state index contributed by atoms with van der Waals surface area (Å²) in [7, 11) is 1.57. The molecular weight excluding hydrogens is 318 g/mol. The van der Waals surface area contributed by atoms with Crippen molar-refractivity contribution in [1.29, 1.82) is 0 Å². The van der Waals surface area contributed by atoms with Gasteiger partial charge in [-0.2, -0.15) is 5.10 Å². The van der Waals surface area contributed by atoms with Crippen molar-refractivity contribution in [2.75, 3.05) is 12.4 Å². The minimum Gasteiger partial charge on any atom is -0.497 e. The van der Waals surface area contributed by atoms with Gasteiger partial charge in [-0.25, -0.2) is 4.68 Å². The Kier molecular flexibility index (Phi) is 4.89. The van der Waals surface area contributed by atoms with Crippen molar-refractivity contribution in [3.8, 4) is 17.0 Å². The number of nitrogens with one attached hydrogen (secondary N) is 1. The SMILES string of the molecule is COc1ccc(NC(=O)Cn2nc(-c3ccccc3)ccc2=O)cc1. The summed E-state index contributed by atoms with van der Waals surface area (Å²) in [6.45, 7) is -0.161. The van der Waals surface area contributed by atoms with Crippen LogP contribution in [0.3, 0.4) is 0 Å². The second-order valence-corrected chi connectivity index (χ2v) is 5.36. The average molecular weight is 335 g/mol. The minimum absolute atomic E-state index is 0.161. The Labute approximate surface area is 144 Å². The highest BCUT2D eigenvalue weighted by Gasteiger charge is 2.08. The Morgan fingerprint density at radius 1 is 1.04 bits per heavy atom. The second-order valence-electron chi connectivity index (χ2n) is 5.36. The average Bonchev–Trinajstić information content (AvgIpc) is 2.65. The molecule has 0 aliphatic rings. The molecular formula is C19H17N3O3. The number of ether oxygens (including phenoxy) is 1. The summed E-state index contributed by atoms with van der Waals surface area (Å²) in [6, 6.07) is 19.5. The maximum Gasteiger partial charge on any atom is 0.267 e. The van der Waals surface area contributed by atoms with E-state index in [1.54, 1.807) is 37.4 Å². The summed E-state index contributed by atoms with van der Waals surface area (Å²) in [5.41, 5.74) is 1.81. The van der Waals surface area contributed by atoms with E-state index < -0.39 is 0 Å². The quantitative estimate of drug-likeness (QED) is 0.778. The van der Waals surface area contributed by atoms with Gasteiger partial charge in [0.2, 0.25) is 5.91 Å². The first-order chi connectivity index (χ1) is 12.2. The first kappa shape index (κ1) is 16.4. The topological polar surface area (TPSA) is 73.2 Å². The third-order valence-corrected chi connectivity index (χ3v) is 3.60. The van der Waals surface area contributed by atoms with Crippen LogP contribution in [0.1, 0.15) is 0 Å². The fourth-order valence-corrected chi connectivity index (χ4v) is 2.34. The standard InChI is InChI=1S/C19H17N3O3/c1-25-16-9-7-15(8-10-16)20-18(23)13-22-19(24)12-11-17(21-22)14-5-3-2-4-6-14/h2-12H,13H2,1H3,(H,20,23). The number of benzene rings is 2. The molecule has 1 N–H and O–H groups in total. The van der Waals surface area contributed by atoms with E-state index in [9.17, 15) is 9.59 Å². The van der Waals surface area contributed by atoms with E-state index in [0.717, 1.165) is 10.2 Å². The van der Waals surface area contributed by atoms with Crippen molar-refractivity contribution >= 4 is 11.6 Å². The molecule has 0 spiro atoms. The van der Waals surface area contributed by atoms with Gasteiger partial charge in [0.05, 0.1) is 12.8 Å². The van der Waals surface area contributed by atoms with E-state index in [2.05, 4.69) is 10.4 Å². The van der Waals surface area contributed by atoms with Gasteiger partial charge in [-0.15, -0.1) is 0 Å². The number of carbonyl (C=O) groups is 1. The number of nitrogens with zero attached hydrogens (tertiary/aromatic N) is 2. The van der Waals surface area contributed by atoms with Crippen molar-refractivity contribution < 1.29 is 9.53 Å². The number of amides is 1. The number of carbonyl (C=O) groups excluding carboxylic acids is 1. The molecule has 126 valence electrons. The molecule has 25 heavy (non-hydrogen) atoms. The fraction of sp³-hybridized carbons (Fsp3) is 0.105. The fourth-order valence-electron chi connectivity index (χ4n) is 2.34. The van der Waals surface area contributed by atoms with Gasteiger partial charge in [-0.1, -0.05) is 30.3 Å². The summed E-state index contributed by atoms with van der Waals surface area (Å²) in [5, 5.41) is 7.01. The van der Waals surface area contributed by atoms with Gasteiger partial charge >= 0.3 is 0 Å². The number of aromatic nitrogens is 2. The lowest BCUT2D eigenvalue weighted by molar-refractivity contribution is -0.117. The van der Waals surface area contributed by atoms with Crippen LogP contribution in [0.25, 0.3) is 11.3 Å². The molecule has 0 radical (unpaired) electrons. The van der Waals surface area contributed by atoms with Crippen LogP contribution < -0.4 is 15.6 Å². The third-order valence-electron chi connectivity index (χ3n) is 3.60. The molecule has 1 aromatic heterocycles. The minimum atomic E-state index is -0.329. The van der Waals surface area contributed by atoms with E-state index >= 15 is 0 Å². The third kappa shape index (κ3) is 4.11. The summed E-state index contributed by atoms with van der Waals surface area (Å²) in [6.07, 6.45) is 0. The number of anilines is 1. The molecule has 6 heteroatoms. The molecule has 0 saturated carbocycles. The molecule has 3 aromatic rings. The summed E-state index contributed by atoms with van der Waals surface area (Å²) in [5.74, 6) is 0.372. The zero-order valence-corrected chi connectivity index (χ0v) is 13.7. The van der Waals surface area contributed by atoms with Crippen molar-refractivity contribution in [1.82, 2.24) is 9.78 Å². The highest BCUT2D eigenvalue weighted by atomic mass is 16.5. The Bertz CT molecular complexity index is 919. The molecule has 0 aliphatic heterocycles. The van der Waals surface area contributed by atoms with Crippen molar-refractivity contribution in [3.05, 3.63) is 77.1 Å². The highest BCUT2D eigenvalue weighted by Crippen LogP contribution is 2.15. The van der Waals surface area contributed by atoms with Crippen LogP contribution in [0.2, 0.25) is 0 Å². The number of methoxy groups -OCH3 is 1. The van der Waals surface area contributed by atoms with E-state index in [1.165, 1.54) is 6.07 Å². The maximum absolute atomic E-state index is 12.2. The predicted molar refractivity (Wildman–Crippen MR) is 95.6 cm³/mol. The second kappa shape index (κ2) is 7.44. The predicted octanol–water partition coefficient (Wildman–Crippen LogP) is 2.56. The van der Waals surface area contributed by atoms with Gasteiger partial charge in [0.1, 0.15) is 12.3 Å². The van der Waals surface area contributed by atoms with Crippen molar-refractivity contribution in [3.63, 3.8) is 0 Å². The molecule has 2 aromatic carbocycles. The van der Waals surface area contributed by atoms with E-state index in [4.69, 9.17) is 4.74 Å². The first-order valence-corrected chi connectivity index (χ1v) is 7.73. The zero-order valence-electron chi connectivity index (χ0n) is 13.7. The van der Waals surface area contributed by atoms with Crippen LogP contribution in [-0.2, 0) is 11.3 Å². The lowest BCUT2D eigenvalue weighted by atomic mass is 10.1. The Hall–Kier alpha value is -3.41. The Morgan fingerprint density at radius 3 is 2.44 bits per heavy atom. The van der Waals surface area contributed by atoms with Gasteiger partial charge < -0.3 is 10.1 Å². The zero-order chi connectivity index (χ0) is 17.6. The molecule has 1 heterocycles.